The number of carbonyl (C=O) groups is 1. The van der Waals surface area contributed by atoms with Crippen LogP contribution in [0, 0.1) is 6.92 Å². The Morgan fingerprint density at radius 1 is 1.28 bits per heavy atom. The lowest BCUT2D eigenvalue weighted by molar-refractivity contribution is 0.0952. The lowest BCUT2D eigenvalue weighted by Gasteiger charge is -2.12. The second-order valence-corrected chi connectivity index (χ2v) is 3.92. The van der Waals surface area contributed by atoms with Crippen molar-refractivity contribution < 1.29 is 14.3 Å². The van der Waals surface area contributed by atoms with E-state index in [9.17, 15) is 4.79 Å². The van der Waals surface area contributed by atoms with Gasteiger partial charge in [-0.2, -0.15) is 0 Å². The van der Waals surface area contributed by atoms with Crippen molar-refractivity contribution in [3.05, 3.63) is 23.3 Å². The Hall–Kier alpha value is -1.75. The van der Waals surface area contributed by atoms with E-state index in [0.717, 1.165) is 12.0 Å². The Morgan fingerprint density at radius 2 is 1.89 bits per heavy atom. The molecular formula is C13H20N2O3. The average Bonchev–Trinajstić information content (AvgIpc) is 2.38. The average molecular weight is 252 g/mol. The maximum absolute atomic E-state index is 12.0. The van der Waals surface area contributed by atoms with E-state index in [1.54, 1.807) is 26.4 Å². The van der Waals surface area contributed by atoms with Crippen LogP contribution in [0.4, 0.5) is 0 Å². The smallest absolute Gasteiger partial charge is 0.251 e. The van der Waals surface area contributed by atoms with Crippen LogP contribution in [0.15, 0.2) is 12.1 Å². The second kappa shape index (κ2) is 6.86. The molecule has 3 N–H and O–H groups in total. The van der Waals surface area contributed by atoms with Gasteiger partial charge in [-0.05, 0) is 37.6 Å². The van der Waals surface area contributed by atoms with Gasteiger partial charge in [0.25, 0.3) is 5.91 Å². The minimum Gasteiger partial charge on any atom is -0.493 e. The molecule has 0 aliphatic heterocycles. The summed E-state index contributed by atoms with van der Waals surface area (Å²) in [5.41, 5.74) is 6.81. The molecule has 0 aromatic heterocycles. The van der Waals surface area contributed by atoms with Crippen molar-refractivity contribution in [3.63, 3.8) is 0 Å². The summed E-state index contributed by atoms with van der Waals surface area (Å²) < 4.78 is 10.4. The summed E-state index contributed by atoms with van der Waals surface area (Å²) in [6, 6.07) is 3.47. The Labute approximate surface area is 107 Å². The van der Waals surface area contributed by atoms with Crippen molar-refractivity contribution in [2.24, 2.45) is 5.73 Å². The van der Waals surface area contributed by atoms with E-state index in [-0.39, 0.29) is 5.91 Å². The first-order chi connectivity index (χ1) is 8.63. The van der Waals surface area contributed by atoms with Gasteiger partial charge >= 0.3 is 0 Å². The zero-order valence-electron chi connectivity index (χ0n) is 11.1. The van der Waals surface area contributed by atoms with Gasteiger partial charge < -0.3 is 20.5 Å². The highest BCUT2D eigenvalue weighted by molar-refractivity contribution is 5.96. The highest BCUT2D eigenvalue weighted by Crippen LogP contribution is 2.30. The molecule has 1 aromatic carbocycles. The van der Waals surface area contributed by atoms with Gasteiger partial charge in [-0.15, -0.1) is 0 Å². The molecular weight excluding hydrogens is 232 g/mol. The summed E-state index contributed by atoms with van der Waals surface area (Å²) in [4.78, 5) is 12.0. The normalized spacial score (nSPS) is 10.0. The van der Waals surface area contributed by atoms with Crippen molar-refractivity contribution in [1.29, 1.82) is 0 Å². The number of aryl methyl sites for hydroxylation is 1. The van der Waals surface area contributed by atoms with Gasteiger partial charge in [0.2, 0.25) is 0 Å². The number of rotatable bonds is 6. The van der Waals surface area contributed by atoms with Gasteiger partial charge in [-0.25, -0.2) is 0 Å². The molecule has 0 aliphatic carbocycles. The van der Waals surface area contributed by atoms with E-state index in [0.29, 0.717) is 30.2 Å². The van der Waals surface area contributed by atoms with E-state index < -0.39 is 0 Å². The Bertz CT molecular complexity index is 419. The van der Waals surface area contributed by atoms with Crippen molar-refractivity contribution >= 4 is 5.91 Å². The molecule has 5 heteroatoms. The number of ether oxygens (including phenoxy) is 2. The second-order valence-electron chi connectivity index (χ2n) is 3.92. The molecule has 0 saturated heterocycles. The van der Waals surface area contributed by atoms with Gasteiger partial charge in [0, 0.05) is 12.1 Å². The molecule has 1 aromatic rings. The van der Waals surface area contributed by atoms with Crippen LogP contribution in [0.3, 0.4) is 0 Å². The molecule has 0 spiro atoms. The fourth-order valence-electron chi connectivity index (χ4n) is 1.62. The minimum atomic E-state index is -0.123. The number of nitrogens with one attached hydrogen (secondary N) is 1. The molecule has 0 fully saturated rings. The summed E-state index contributed by atoms with van der Waals surface area (Å²) in [5, 5.41) is 2.81. The summed E-state index contributed by atoms with van der Waals surface area (Å²) in [7, 11) is 3.11. The molecule has 5 nitrogen and oxygen atoms in total. The molecule has 0 heterocycles. The van der Waals surface area contributed by atoms with Crippen molar-refractivity contribution in [3.8, 4) is 11.5 Å². The van der Waals surface area contributed by atoms with Crippen LogP contribution in [0.2, 0.25) is 0 Å². The highest BCUT2D eigenvalue weighted by Gasteiger charge is 2.13. The monoisotopic (exact) mass is 252 g/mol. The lowest BCUT2D eigenvalue weighted by Crippen LogP contribution is -2.26. The predicted molar refractivity (Wildman–Crippen MR) is 70.3 cm³/mol. The maximum Gasteiger partial charge on any atom is 0.251 e. The van der Waals surface area contributed by atoms with E-state index in [2.05, 4.69) is 5.32 Å². The van der Waals surface area contributed by atoms with Gasteiger partial charge in [0.15, 0.2) is 11.5 Å². The molecule has 1 rings (SSSR count). The van der Waals surface area contributed by atoms with E-state index in [4.69, 9.17) is 15.2 Å². The lowest BCUT2D eigenvalue weighted by atomic mass is 10.1. The molecule has 0 radical (unpaired) electrons. The summed E-state index contributed by atoms with van der Waals surface area (Å²) in [6.07, 6.45) is 0.762. The number of amides is 1. The first-order valence-electron chi connectivity index (χ1n) is 5.85. The fraction of sp³-hybridized carbons (Fsp3) is 0.462. The van der Waals surface area contributed by atoms with Crippen LogP contribution < -0.4 is 20.5 Å². The topological polar surface area (TPSA) is 73.6 Å². The van der Waals surface area contributed by atoms with Gasteiger partial charge in [0.05, 0.1) is 14.2 Å². The zero-order valence-corrected chi connectivity index (χ0v) is 11.1. The number of hydrogen-bond acceptors (Lipinski definition) is 4. The van der Waals surface area contributed by atoms with Crippen molar-refractivity contribution in [2.45, 2.75) is 13.3 Å². The molecule has 0 bridgehead atoms. The van der Waals surface area contributed by atoms with Crippen LogP contribution in [-0.4, -0.2) is 33.2 Å². The van der Waals surface area contributed by atoms with E-state index >= 15 is 0 Å². The third-order valence-corrected chi connectivity index (χ3v) is 2.64. The standard InChI is InChI=1S/C13H20N2O3/c1-9-7-11(17-2)12(18-3)8-10(9)13(16)15-6-4-5-14/h7-8H,4-6,14H2,1-3H3,(H,15,16). The number of benzene rings is 1. The van der Waals surface area contributed by atoms with E-state index in [1.165, 1.54) is 0 Å². The van der Waals surface area contributed by atoms with Crippen LogP contribution in [0.1, 0.15) is 22.3 Å². The van der Waals surface area contributed by atoms with Crippen LogP contribution >= 0.6 is 0 Å². The zero-order chi connectivity index (χ0) is 13.5. The van der Waals surface area contributed by atoms with E-state index in [1.807, 2.05) is 6.92 Å². The maximum atomic E-state index is 12.0. The molecule has 0 aliphatic rings. The minimum absolute atomic E-state index is 0.123. The highest BCUT2D eigenvalue weighted by atomic mass is 16.5. The Balaban J connectivity index is 2.91. The van der Waals surface area contributed by atoms with Crippen LogP contribution in [0.5, 0.6) is 11.5 Å². The summed E-state index contributed by atoms with van der Waals surface area (Å²) in [5.74, 6) is 1.04. The summed E-state index contributed by atoms with van der Waals surface area (Å²) in [6.45, 7) is 2.99. The number of carbonyl (C=O) groups excluding carboxylic acids is 1. The Morgan fingerprint density at radius 3 is 2.44 bits per heavy atom. The first kappa shape index (κ1) is 14.3. The van der Waals surface area contributed by atoms with Crippen molar-refractivity contribution in [2.75, 3.05) is 27.3 Å². The molecule has 0 unspecified atom stereocenters. The van der Waals surface area contributed by atoms with Crippen molar-refractivity contribution in [1.82, 2.24) is 5.32 Å². The van der Waals surface area contributed by atoms with Crippen LogP contribution in [-0.2, 0) is 0 Å². The molecule has 100 valence electrons. The number of methoxy groups -OCH3 is 2. The third-order valence-electron chi connectivity index (χ3n) is 2.64. The SMILES string of the molecule is COc1cc(C)c(C(=O)NCCCN)cc1OC. The fourth-order valence-corrected chi connectivity index (χ4v) is 1.62. The van der Waals surface area contributed by atoms with Crippen LogP contribution in [0.25, 0.3) is 0 Å². The summed E-state index contributed by atoms with van der Waals surface area (Å²) >= 11 is 0. The first-order valence-corrected chi connectivity index (χ1v) is 5.85. The largest absolute Gasteiger partial charge is 0.493 e. The van der Waals surface area contributed by atoms with Gasteiger partial charge in [0.1, 0.15) is 0 Å². The Kier molecular flexibility index (Phi) is 5.45. The quantitative estimate of drug-likeness (QED) is 0.743. The van der Waals surface area contributed by atoms with Gasteiger partial charge in [-0.1, -0.05) is 0 Å². The molecule has 18 heavy (non-hydrogen) atoms. The number of nitrogens with two attached hydrogens (primary N) is 1. The number of hydrogen-bond donors (Lipinski definition) is 2. The predicted octanol–water partition coefficient (Wildman–Crippen LogP) is 1.09. The molecule has 0 atom stereocenters. The molecule has 1 amide bonds. The molecule has 0 saturated carbocycles. The third kappa shape index (κ3) is 3.37. The van der Waals surface area contributed by atoms with Gasteiger partial charge in [-0.3, -0.25) is 4.79 Å².